The number of fused-ring (bicyclic) bond motifs is 1. The van der Waals surface area contributed by atoms with Gasteiger partial charge >= 0.3 is 0 Å². The van der Waals surface area contributed by atoms with E-state index < -0.39 is 0 Å². The van der Waals surface area contributed by atoms with Crippen LogP contribution in [0.2, 0.25) is 5.02 Å². The molecule has 0 radical (unpaired) electrons. The minimum Gasteiger partial charge on any atom is -0.383 e. The first-order valence-corrected chi connectivity index (χ1v) is 8.72. The topological polar surface area (TPSA) is 61.4 Å². The number of halogens is 1. The van der Waals surface area contributed by atoms with Crippen molar-refractivity contribution in [2.75, 3.05) is 13.7 Å². The largest absolute Gasteiger partial charge is 0.383 e. The highest BCUT2D eigenvalue weighted by atomic mass is 35.5. The van der Waals surface area contributed by atoms with Crippen LogP contribution in [0.25, 0.3) is 10.2 Å². The van der Waals surface area contributed by atoms with Crippen molar-refractivity contribution in [1.29, 1.82) is 0 Å². The third-order valence-corrected chi connectivity index (χ3v) is 4.82. The van der Waals surface area contributed by atoms with Gasteiger partial charge in [0.25, 0.3) is 5.91 Å². The van der Waals surface area contributed by atoms with E-state index in [-0.39, 0.29) is 5.91 Å². The molecule has 8 heteroatoms. The Bertz CT molecular complexity index is 941. The molecule has 1 aromatic carbocycles. The quantitative estimate of drug-likeness (QED) is 0.699. The van der Waals surface area contributed by atoms with E-state index in [9.17, 15) is 4.79 Å². The van der Waals surface area contributed by atoms with Crippen molar-refractivity contribution in [1.82, 2.24) is 14.3 Å². The third-order valence-electron chi connectivity index (χ3n) is 3.54. The van der Waals surface area contributed by atoms with Crippen LogP contribution in [0.15, 0.2) is 35.5 Å². The lowest BCUT2D eigenvalue weighted by atomic mass is 10.3. The molecule has 0 aliphatic carbocycles. The monoisotopic (exact) mass is 364 g/mol. The van der Waals surface area contributed by atoms with Crippen LogP contribution in [-0.4, -0.2) is 34.0 Å². The zero-order chi connectivity index (χ0) is 17.1. The summed E-state index contributed by atoms with van der Waals surface area (Å²) in [6, 6.07) is 7.31. The first-order chi connectivity index (χ1) is 11.6. The number of aryl methyl sites for hydroxylation is 1. The van der Waals surface area contributed by atoms with E-state index >= 15 is 0 Å². The fourth-order valence-electron chi connectivity index (χ4n) is 2.33. The number of hydrogen-bond donors (Lipinski definition) is 0. The first-order valence-electron chi connectivity index (χ1n) is 7.52. The van der Waals surface area contributed by atoms with Gasteiger partial charge in [0.1, 0.15) is 0 Å². The van der Waals surface area contributed by atoms with Crippen LogP contribution in [0.4, 0.5) is 0 Å². The van der Waals surface area contributed by atoms with Gasteiger partial charge in [-0.05, 0) is 31.2 Å². The molecule has 0 fully saturated rings. The third kappa shape index (κ3) is 3.43. The molecule has 0 saturated carbocycles. The van der Waals surface area contributed by atoms with Crippen molar-refractivity contribution in [3.63, 3.8) is 0 Å². The molecule has 6 nitrogen and oxygen atoms in total. The Morgan fingerprint density at radius 2 is 2.25 bits per heavy atom. The van der Waals surface area contributed by atoms with Crippen molar-refractivity contribution in [2.45, 2.75) is 20.0 Å². The minimum absolute atomic E-state index is 0.339. The molecule has 126 valence electrons. The fraction of sp³-hybridized carbons (Fsp3) is 0.312. The summed E-state index contributed by atoms with van der Waals surface area (Å²) in [5.41, 5.74) is 1.32. The maximum absolute atomic E-state index is 12.4. The van der Waals surface area contributed by atoms with Crippen molar-refractivity contribution in [3.8, 4) is 0 Å². The zero-order valence-electron chi connectivity index (χ0n) is 13.4. The van der Waals surface area contributed by atoms with Crippen molar-refractivity contribution < 1.29 is 9.53 Å². The minimum atomic E-state index is -0.356. The van der Waals surface area contributed by atoms with Crippen LogP contribution >= 0.6 is 22.9 Å². The molecule has 0 aliphatic rings. The number of rotatable bonds is 5. The molecule has 0 atom stereocenters. The van der Waals surface area contributed by atoms with E-state index in [1.807, 2.05) is 29.7 Å². The van der Waals surface area contributed by atoms with E-state index in [0.717, 1.165) is 10.2 Å². The summed E-state index contributed by atoms with van der Waals surface area (Å²) in [4.78, 5) is 17.3. The molecular formula is C16H17ClN4O2S. The highest BCUT2D eigenvalue weighted by molar-refractivity contribution is 7.16. The van der Waals surface area contributed by atoms with Crippen LogP contribution in [0.1, 0.15) is 17.4 Å². The smallest absolute Gasteiger partial charge is 0.300 e. The molecule has 0 spiro atoms. The molecule has 0 unspecified atom stereocenters. The number of methoxy groups -OCH3 is 1. The lowest BCUT2D eigenvalue weighted by Crippen LogP contribution is -2.19. The normalized spacial score (nSPS) is 12.2. The molecule has 0 bridgehead atoms. The van der Waals surface area contributed by atoms with Crippen molar-refractivity contribution >= 4 is 39.1 Å². The van der Waals surface area contributed by atoms with Crippen LogP contribution in [0.5, 0.6) is 0 Å². The molecule has 2 aromatic heterocycles. The molecule has 0 saturated heterocycles. The predicted octanol–water partition coefficient (Wildman–Crippen LogP) is 2.96. The molecule has 1 amide bonds. The van der Waals surface area contributed by atoms with Crippen LogP contribution in [0, 0.1) is 0 Å². The van der Waals surface area contributed by atoms with Gasteiger partial charge in [0.05, 0.1) is 16.8 Å². The van der Waals surface area contributed by atoms with Gasteiger partial charge in [-0.1, -0.05) is 22.9 Å². The van der Waals surface area contributed by atoms with Crippen LogP contribution in [0.3, 0.4) is 0 Å². The number of thiazole rings is 1. The van der Waals surface area contributed by atoms with Gasteiger partial charge in [0.15, 0.2) is 10.5 Å². The summed E-state index contributed by atoms with van der Waals surface area (Å²) in [5, 5.41) is 4.86. The molecule has 24 heavy (non-hydrogen) atoms. The maximum Gasteiger partial charge on any atom is 0.300 e. The molecule has 3 rings (SSSR count). The average Bonchev–Trinajstić information content (AvgIpc) is 3.17. The lowest BCUT2D eigenvalue weighted by molar-refractivity contribution is 0.0992. The average molecular weight is 365 g/mol. The first kappa shape index (κ1) is 16.9. The Labute approximate surface area is 148 Å². The standard InChI is InChI=1S/C16H17ClN4O2S/c1-3-20-7-6-12(19-20)15(22)18-16-21(8-9-23-2)13-5-4-11(17)10-14(13)24-16/h4-7,10H,3,8-9H2,1-2H3. The van der Waals surface area contributed by atoms with Gasteiger partial charge in [-0.2, -0.15) is 10.1 Å². The number of carbonyl (C=O) groups excluding carboxylic acids is 1. The summed E-state index contributed by atoms with van der Waals surface area (Å²) in [7, 11) is 1.64. The second-order valence-electron chi connectivity index (χ2n) is 5.11. The Morgan fingerprint density at radius 1 is 1.42 bits per heavy atom. The number of nitrogens with zero attached hydrogens (tertiary/aromatic N) is 4. The van der Waals surface area contributed by atoms with E-state index in [0.29, 0.717) is 35.2 Å². The number of ether oxygens (including phenoxy) is 1. The highest BCUT2D eigenvalue weighted by Gasteiger charge is 2.11. The summed E-state index contributed by atoms with van der Waals surface area (Å²) >= 11 is 7.49. The second-order valence-corrected chi connectivity index (χ2v) is 6.56. The van der Waals surface area contributed by atoms with Gasteiger partial charge < -0.3 is 9.30 Å². The van der Waals surface area contributed by atoms with Crippen molar-refractivity contribution in [2.24, 2.45) is 4.99 Å². The van der Waals surface area contributed by atoms with E-state index in [4.69, 9.17) is 16.3 Å². The second kappa shape index (κ2) is 7.29. The Hall–Kier alpha value is -1.96. The number of amides is 1. The summed E-state index contributed by atoms with van der Waals surface area (Å²) in [5.74, 6) is -0.356. The summed E-state index contributed by atoms with van der Waals surface area (Å²) in [6.45, 7) is 3.81. The zero-order valence-corrected chi connectivity index (χ0v) is 15.0. The summed E-state index contributed by atoms with van der Waals surface area (Å²) < 4.78 is 9.81. The van der Waals surface area contributed by atoms with E-state index in [2.05, 4.69) is 10.1 Å². The fourth-order valence-corrected chi connectivity index (χ4v) is 3.66. The molecule has 0 aliphatic heterocycles. The van der Waals surface area contributed by atoms with Gasteiger partial charge in [0.2, 0.25) is 0 Å². The van der Waals surface area contributed by atoms with Gasteiger partial charge in [0, 0.05) is 31.4 Å². The molecule has 2 heterocycles. The van der Waals surface area contributed by atoms with Crippen molar-refractivity contribution in [3.05, 3.63) is 46.0 Å². The highest BCUT2D eigenvalue weighted by Crippen LogP contribution is 2.22. The van der Waals surface area contributed by atoms with Gasteiger partial charge in [-0.25, -0.2) is 0 Å². The lowest BCUT2D eigenvalue weighted by Gasteiger charge is -2.04. The van der Waals surface area contributed by atoms with Gasteiger partial charge in [-0.3, -0.25) is 9.48 Å². The van der Waals surface area contributed by atoms with E-state index in [1.54, 1.807) is 24.1 Å². The Balaban J connectivity index is 2.07. The number of benzene rings is 1. The Kier molecular flexibility index (Phi) is 5.13. The number of hydrogen-bond acceptors (Lipinski definition) is 4. The molecule has 3 aromatic rings. The number of aromatic nitrogens is 3. The molecular weight excluding hydrogens is 348 g/mol. The van der Waals surface area contributed by atoms with Gasteiger partial charge in [-0.15, -0.1) is 0 Å². The van der Waals surface area contributed by atoms with Crippen LogP contribution < -0.4 is 4.80 Å². The summed E-state index contributed by atoms with van der Waals surface area (Å²) in [6.07, 6.45) is 1.77. The molecule has 0 N–H and O–H groups in total. The van der Waals surface area contributed by atoms with E-state index in [1.165, 1.54) is 11.3 Å². The Morgan fingerprint density at radius 3 is 2.96 bits per heavy atom. The predicted molar refractivity (Wildman–Crippen MR) is 94.5 cm³/mol. The van der Waals surface area contributed by atoms with Crippen LogP contribution in [-0.2, 0) is 17.8 Å². The number of carbonyl (C=O) groups is 1. The SMILES string of the molecule is CCn1ccc(C(=O)N=c2sc3cc(Cl)ccc3n2CCOC)n1. The maximum atomic E-state index is 12.4.